The van der Waals surface area contributed by atoms with Crippen LogP contribution in [0.15, 0.2) is 0 Å². The van der Waals surface area contributed by atoms with Crippen LogP contribution in [0.2, 0.25) is 12.1 Å². The number of rotatable bonds is 20. The van der Waals surface area contributed by atoms with Crippen molar-refractivity contribution in [2.75, 3.05) is 39.6 Å². The minimum Gasteiger partial charge on any atom is -0.374 e. The zero-order valence-electron chi connectivity index (χ0n) is 19.2. The molecule has 0 amide bonds. The topological polar surface area (TPSA) is 55.4 Å². The fourth-order valence-electron chi connectivity index (χ4n) is 3.36. The van der Waals surface area contributed by atoms with Gasteiger partial charge < -0.3 is 26.6 Å². The highest BCUT2D eigenvalue weighted by Crippen LogP contribution is 2.25. The van der Waals surface area contributed by atoms with Crippen LogP contribution in [0.4, 0.5) is 0 Å². The molecule has 6 nitrogen and oxygen atoms in total. The average molecular weight is 438 g/mol. The molecule has 0 spiro atoms. The molecule has 0 aliphatic rings. The van der Waals surface area contributed by atoms with E-state index in [0.717, 1.165) is 37.8 Å². The lowest BCUT2D eigenvalue weighted by Crippen LogP contribution is -2.46. The van der Waals surface area contributed by atoms with Gasteiger partial charge in [-0.1, -0.05) is 19.8 Å². The molecular formula is C20H45O6Si2. The van der Waals surface area contributed by atoms with Gasteiger partial charge in [0, 0.05) is 51.7 Å². The summed E-state index contributed by atoms with van der Waals surface area (Å²) in [6.45, 7) is 20.1. The van der Waals surface area contributed by atoms with Gasteiger partial charge in [0.2, 0.25) is 0 Å². The fraction of sp³-hybridized carbons (Fsp3) is 0.950. The van der Waals surface area contributed by atoms with Gasteiger partial charge >= 0.3 is 17.6 Å². The maximum Gasteiger partial charge on any atom is 0.500 e. The normalized spacial score (nSPS) is 12.9. The first-order chi connectivity index (χ1) is 13.5. The Labute approximate surface area is 176 Å². The van der Waals surface area contributed by atoms with Crippen molar-refractivity contribution < 1.29 is 26.6 Å². The highest BCUT2D eigenvalue weighted by Gasteiger charge is 2.40. The van der Waals surface area contributed by atoms with Gasteiger partial charge in [-0.2, -0.15) is 0 Å². The van der Waals surface area contributed by atoms with Crippen molar-refractivity contribution in [1.29, 1.82) is 0 Å². The second-order valence-corrected chi connectivity index (χ2v) is 12.1. The minimum absolute atomic E-state index is 0.383. The Bertz CT molecular complexity index is 294. The summed E-state index contributed by atoms with van der Waals surface area (Å²) in [5.41, 5.74) is 0. The summed E-state index contributed by atoms with van der Waals surface area (Å²) < 4.78 is 35.6. The van der Waals surface area contributed by atoms with E-state index in [-0.39, 0.29) is 0 Å². The first-order valence-electron chi connectivity index (χ1n) is 11.1. The molecule has 0 heterocycles. The average Bonchev–Trinajstić information content (AvgIpc) is 2.63. The van der Waals surface area contributed by atoms with E-state index >= 15 is 0 Å². The maximum absolute atomic E-state index is 5.93. The van der Waals surface area contributed by atoms with Crippen LogP contribution >= 0.6 is 0 Å². The van der Waals surface area contributed by atoms with E-state index in [2.05, 4.69) is 6.92 Å². The largest absolute Gasteiger partial charge is 0.500 e. The molecule has 0 bridgehead atoms. The first kappa shape index (κ1) is 28.2. The van der Waals surface area contributed by atoms with Crippen LogP contribution < -0.4 is 0 Å². The maximum atomic E-state index is 5.93. The second kappa shape index (κ2) is 16.9. The molecule has 1 radical (unpaired) electrons. The summed E-state index contributed by atoms with van der Waals surface area (Å²) in [7, 11) is -5.07. The van der Waals surface area contributed by atoms with E-state index in [4.69, 9.17) is 26.6 Å². The van der Waals surface area contributed by atoms with Gasteiger partial charge in [-0.05, 0) is 60.3 Å². The molecule has 8 heteroatoms. The lowest BCUT2D eigenvalue weighted by molar-refractivity contribution is 0.0703. The van der Waals surface area contributed by atoms with E-state index in [1.54, 1.807) is 0 Å². The van der Waals surface area contributed by atoms with Gasteiger partial charge in [0.1, 0.15) is 0 Å². The monoisotopic (exact) mass is 437 g/mol. The van der Waals surface area contributed by atoms with Gasteiger partial charge in [-0.25, -0.2) is 0 Å². The van der Waals surface area contributed by atoms with Crippen LogP contribution in [-0.2, 0) is 26.6 Å². The van der Waals surface area contributed by atoms with Crippen molar-refractivity contribution in [3.8, 4) is 0 Å². The summed E-state index contributed by atoms with van der Waals surface area (Å²) in [6.07, 6.45) is 4.08. The third-order valence-corrected chi connectivity index (χ3v) is 10.7. The van der Waals surface area contributed by atoms with Gasteiger partial charge in [0.25, 0.3) is 0 Å². The molecule has 0 aromatic carbocycles. The van der Waals surface area contributed by atoms with Crippen molar-refractivity contribution in [1.82, 2.24) is 0 Å². The predicted molar refractivity (Wildman–Crippen MR) is 118 cm³/mol. The highest BCUT2D eigenvalue weighted by molar-refractivity contribution is 6.61. The standard InChI is InChI=1S/C20H45O6Si2/c1-8-21-27(22-9-2,23-10-3)18-14-16-20(7)17-15-19-28(24-11-4,25-12-5)26-13-6/h20H,7-19H2,1-6H3. The van der Waals surface area contributed by atoms with Gasteiger partial charge in [-0.15, -0.1) is 0 Å². The third-order valence-electron chi connectivity index (χ3n) is 4.38. The lowest BCUT2D eigenvalue weighted by atomic mass is 10.0. The van der Waals surface area contributed by atoms with Crippen LogP contribution in [0.25, 0.3) is 0 Å². The molecule has 0 N–H and O–H groups in total. The van der Waals surface area contributed by atoms with Crippen LogP contribution in [0.3, 0.4) is 0 Å². The summed E-state index contributed by atoms with van der Waals surface area (Å²) in [6, 6.07) is 1.70. The van der Waals surface area contributed by atoms with E-state index in [1.165, 1.54) is 0 Å². The number of hydrogen-bond acceptors (Lipinski definition) is 6. The number of hydrogen-bond donors (Lipinski definition) is 0. The summed E-state index contributed by atoms with van der Waals surface area (Å²) in [4.78, 5) is 0. The van der Waals surface area contributed by atoms with Crippen LogP contribution in [0.5, 0.6) is 0 Å². The minimum atomic E-state index is -2.54. The Kier molecular flexibility index (Phi) is 17.1. The van der Waals surface area contributed by atoms with Crippen molar-refractivity contribution in [3.05, 3.63) is 6.92 Å². The quantitative estimate of drug-likeness (QED) is 0.247. The van der Waals surface area contributed by atoms with Crippen molar-refractivity contribution in [2.45, 2.75) is 79.3 Å². The molecule has 0 saturated heterocycles. The van der Waals surface area contributed by atoms with Crippen LogP contribution in [0.1, 0.15) is 67.2 Å². The van der Waals surface area contributed by atoms with E-state index in [1.807, 2.05) is 41.5 Å². The predicted octanol–water partition coefficient (Wildman–Crippen LogP) is 5.09. The Morgan fingerprint density at radius 3 is 1.00 bits per heavy atom. The SMILES string of the molecule is [CH2]C(CCC[Si](OCC)(OCC)OCC)CCC[Si](OCC)(OCC)OCC. The van der Waals surface area contributed by atoms with E-state index in [9.17, 15) is 0 Å². The van der Waals surface area contributed by atoms with Crippen molar-refractivity contribution >= 4 is 17.6 Å². The second-order valence-electron chi connectivity index (χ2n) is 6.61. The van der Waals surface area contributed by atoms with E-state index in [0.29, 0.717) is 45.6 Å². The fourth-order valence-corrected chi connectivity index (χ4v) is 8.64. The highest BCUT2D eigenvalue weighted by atomic mass is 28.4. The molecule has 0 saturated carbocycles. The van der Waals surface area contributed by atoms with Gasteiger partial charge in [0.15, 0.2) is 0 Å². The lowest BCUT2D eigenvalue weighted by Gasteiger charge is -2.29. The molecule has 0 unspecified atom stereocenters. The zero-order chi connectivity index (χ0) is 21.3. The summed E-state index contributed by atoms with van der Waals surface area (Å²) >= 11 is 0. The Morgan fingerprint density at radius 2 is 0.786 bits per heavy atom. The first-order valence-corrected chi connectivity index (χ1v) is 15.0. The molecule has 0 aromatic rings. The summed E-state index contributed by atoms with van der Waals surface area (Å²) in [5, 5.41) is 0. The van der Waals surface area contributed by atoms with Crippen molar-refractivity contribution in [2.24, 2.45) is 5.92 Å². The van der Waals surface area contributed by atoms with Crippen LogP contribution in [-0.4, -0.2) is 57.3 Å². The molecule has 0 aliphatic heterocycles. The molecule has 0 aromatic heterocycles. The molecule has 0 rings (SSSR count). The van der Waals surface area contributed by atoms with Gasteiger partial charge in [0.05, 0.1) is 0 Å². The Balaban J connectivity index is 4.46. The van der Waals surface area contributed by atoms with Crippen molar-refractivity contribution in [3.63, 3.8) is 0 Å². The van der Waals surface area contributed by atoms with Crippen LogP contribution in [0, 0.1) is 12.8 Å². The molecule has 28 heavy (non-hydrogen) atoms. The summed E-state index contributed by atoms with van der Waals surface area (Å²) in [5.74, 6) is 0.383. The van der Waals surface area contributed by atoms with E-state index < -0.39 is 17.6 Å². The molecule has 0 fully saturated rings. The third kappa shape index (κ3) is 11.4. The Morgan fingerprint density at radius 1 is 0.536 bits per heavy atom. The molecular weight excluding hydrogens is 392 g/mol. The molecule has 0 aliphatic carbocycles. The zero-order valence-corrected chi connectivity index (χ0v) is 21.2. The van der Waals surface area contributed by atoms with Gasteiger partial charge in [-0.3, -0.25) is 0 Å². The smallest absolute Gasteiger partial charge is 0.374 e. The molecule has 0 atom stereocenters. The molecule has 169 valence electrons. The Hall–Kier alpha value is 0.194.